The molecule has 0 aromatic carbocycles. The molecule has 1 aliphatic rings. The summed E-state index contributed by atoms with van der Waals surface area (Å²) < 4.78 is 5.35. The van der Waals surface area contributed by atoms with Crippen molar-refractivity contribution in [3.05, 3.63) is 23.7 Å². The van der Waals surface area contributed by atoms with Crippen LogP contribution in [0.4, 0.5) is 0 Å². The third-order valence-electron chi connectivity index (χ3n) is 4.25. The highest BCUT2D eigenvalue weighted by molar-refractivity contribution is 5.89. The maximum atomic E-state index is 11.0. The molecule has 2 heterocycles. The van der Waals surface area contributed by atoms with E-state index in [4.69, 9.17) is 10.2 Å². The first-order valence-electron chi connectivity index (χ1n) is 7.31. The highest BCUT2D eigenvalue weighted by Gasteiger charge is 2.33. The molecule has 1 saturated heterocycles. The van der Waals surface area contributed by atoms with Crippen LogP contribution in [0.15, 0.2) is 21.5 Å². The van der Waals surface area contributed by atoms with Crippen LogP contribution in [0.1, 0.15) is 43.0 Å². The lowest BCUT2D eigenvalue weighted by Crippen LogP contribution is -2.40. The van der Waals surface area contributed by atoms with Gasteiger partial charge in [-0.1, -0.05) is 13.8 Å². The quantitative estimate of drug-likeness (QED) is 0.652. The van der Waals surface area contributed by atoms with Crippen molar-refractivity contribution in [2.45, 2.75) is 33.2 Å². The van der Waals surface area contributed by atoms with Crippen molar-refractivity contribution in [3.63, 3.8) is 0 Å². The lowest BCUT2D eigenvalue weighted by molar-refractivity contribution is 0.0972. The molecule has 6 heteroatoms. The Bertz CT molecular complexity index is 538. The third-order valence-corrected chi connectivity index (χ3v) is 4.25. The van der Waals surface area contributed by atoms with Gasteiger partial charge in [0.05, 0.1) is 6.54 Å². The number of guanidine groups is 1. The molecule has 6 nitrogen and oxygen atoms in total. The van der Waals surface area contributed by atoms with Crippen molar-refractivity contribution in [1.29, 1.82) is 0 Å². The highest BCUT2D eigenvalue weighted by atomic mass is 16.3. The number of aliphatic imine (C=N–C) groups is 1. The molecule has 3 N–H and O–H groups in total. The molecule has 0 bridgehead atoms. The Morgan fingerprint density at radius 2 is 2.33 bits per heavy atom. The number of amides is 1. The summed E-state index contributed by atoms with van der Waals surface area (Å²) in [5, 5.41) is 3.27. The summed E-state index contributed by atoms with van der Waals surface area (Å²) in [6.45, 7) is 7.04. The summed E-state index contributed by atoms with van der Waals surface area (Å²) in [7, 11) is 1.78. The molecule has 0 saturated carbocycles. The molecule has 0 radical (unpaired) electrons. The number of likely N-dealkylation sites (tertiary alicyclic amines) is 1. The zero-order valence-corrected chi connectivity index (χ0v) is 13.0. The Kier molecular flexibility index (Phi) is 4.55. The number of carbonyl (C=O) groups excluding carboxylic acids is 1. The number of furan rings is 1. The Hall–Kier alpha value is -1.98. The lowest BCUT2D eigenvalue weighted by Gasteiger charge is -2.25. The molecular weight excluding hydrogens is 268 g/mol. The molecule has 0 spiro atoms. The van der Waals surface area contributed by atoms with Gasteiger partial charge in [0.2, 0.25) is 0 Å². The zero-order chi connectivity index (χ0) is 15.5. The van der Waals surface area contributed by atoms with Gasteiger partial charge >= 0.3 is 0 Å². The van der Waals surface area contributed by atoms with Crippen molar-refractivity contribution < 1.29 is 9.21 Å². The Morgan fingerprint density at radius 1 is 1.57 bits per heavy atom. The van der Waals surface area contributed by atoms with Crippen LogP contribution in [0.25, 0.3) is 0 Å². The van der Waals surface area contributed by atoms with Gasteiger partial charge in [0.15, 0.2) is 11.7 Å². The van der Waals surface area contributed by atoms with E-state index < -0.39 is 5.91 Å². The average Bonchev–Trinajstić information content (AvgIpc) is 3.08. The summed E-state index contributed by atoms with van der Waals surface area (Å²) in [6.07, 6.45) is 2.34. The van der Waals surface area contributed by atoms with Gasteiger partial charge in [0.25, 0.3) is 5.91 Å². The van der Waals surface area contributed by atoms with E-state index in [1.165, 1.54) is 12.8 Å². The predicted octanol–water partition coefficient (Wildman–Crippen LogP) is 1.58. The largest absolute Gasteiger partial charge is 0.454 e. The fourth-order valence-electron chi connectivity index (χ4n) is 2.60. The molecule has 1 unspecified atom stereocenters. The minimum absolute atomic E-state index is 0.182. The van der Waals surface area contributed by atoms with E-state index in [0.717, 1.165) is 19.0 Å². The van der Waals surface area contributed by atoms with Gasteiger partial charge in [0.1, 0.15) is 5.76 Å². The molecule has 2 rings (SSSR count). The van der Waals surface area contributed by atoms with Crippen LogP contribution in [0.5, 0.6) is 0 Å². The highest BCUT2D eigenvalue weighted by Crippen LogP contribution is 2.32. The van der Waals surface area contributed by atoms with Gasteiger partial charge in [0, 0.05) is 20.1 Å². The van der Waals surface area contributed by atoms with E-state index in [1.807, 2.05) is 0 Å². The number of rotatable bonds is 4. The maximum Gasteiger partial charge on any atom is 0.284 e. The van der Waals surface area contributed by atoms with E-state index in [9.17, 15) is 4.79 Å². The minimum Gasteiger partial charge on any atom is -0.454 e. The van der Waals surface area contributed by atoms with Crippen molar-refractivity contribution >= 4 is 11.9 Å². The van der Waals surface area contributed by atoms with Gasteiger partial charge in [-0.25, -0.2) is 0 Å². The molecule has 1 fully saturated rings. The van der Waals surface area contributed by atoms with Crippen molar-refractivity contribution in [3.8, 4) is 0 Å². The van der Waals surface area contributed by atoms with E-state index in [1.54, 1.807) is 19.2 Å². The summed E-state index contributed by atoms with van der Waals surface area (Å²) in [4.78, 5) is 17.6. The van der Waals surface area contributed by atoms with Crippen LogP contribution < -0.4 is 11.1 Å². The lowest BCUT2D eigenvalue weighted by atomic mass is 9.87. The van der Waals surface area contributed by atoms with Crippen LogP contribution in [0.2, 0.25) is 0 Å². The smallest absolute Gasteiger partial charge is 0.284 e. The first-order valence-corrected chi connectivity index (χ1v) is 7.31. The molecule has 21 heavy (non-hydrogen) atoms. The van der Waals surface area contributed by atoms with Gasteiger partial charge in [-0.2, -0.15) is 0 Å². The normalized spacial score (nSPS) is 22.6. The molecular formula is C15H24N4O2. The van der Waals surface area contributed by atoms with E-state index >= 15 is 0 Å². The summed E-state index contributed by atoms with van der Waals surface area (Å²) in [5.41, 5.74) is 5.53. The van der Waals surface area contributed by atoms with Crippen molar-refractivity contribution in [2.24, 2.45) is 16.1 Å². The number of hydrogen-bond donors (Lipinski definition) is 2. The monoisotopic (exact) mass is 292 g/mol. The molecule has 116 valence electrons. The molecule has 1 aliphatic heterocycles. The average molecular weight is 292 g/mol. The van der Waals surface area contributed by atoms with Crippen LogP contribution in [0.3, 0.4) is 0 Å². The summed E-state index contributed by atoms with van der Waals surface area (Å²) in [6, 6.07) is 3.34. The number of primary amides is 1. The first kappa shape index (κ1) is 15.4. The number of nitrogens with two attached hydrogens (primary N) is 1. The van der Waals surface area contributed by atoms with Crippen molar-refractivity contribution in [1.82, 2.24) is 10.2 Å². The van der Waals surface area contributed by atoms with Gasteiger partial charge in [-0.15, -0.1) is 0 Å². The fraction of sp³-hybridized carbons (Fsp3) is 0.600. The van der Waals surface area contributed by atoms with E-state index in [2.05, 4.69) is 29.1 Å². The van der Waals surface area contributed by atoms with Crippen LogP contribution in [0, 0.1) is 5.41 Å². The number of nitrogens with zero attached hydrogens (tertiary/aromatic N) is 2. The third kappa shape index (κ3) is 3.56. The number of carbonyl (C=O) groups is 1. The standard InChI is InChI=1S/C15H24N4O2/c1-4-15(2)7-8-19(10-15)14(17-3)18-9-11-5-6-12(21-11)13(16)20/h5-6H,4,7-10H2,1-3H3,(H2,16,20)(H,17,18). The van der Waals surface area contributed by atoms with Gasteiger partial charge < -0.3 is 20.4 Å². The Balaban J connectivity index is 1.93. The van der Waals surface area contributed by atoms with Gasteiger partial charge in [-0.3, -0.25) is 9.79 Å². The van der Waals surface area contributed by atoms with Gasteiger partial charge in [-0.05, 0) is 30.4 Å². The second kappa shape index (κ2) is 6.20. The summed E-state index contributed by atoms with van der Waals surface area (Å²) >= 11 is 0. The SMILES string of the molecule is CCC1(C)CCN(C(=NC)NCc2ccc(C(N)=O)o2)C1. The van der Waals surface area contributed by atoms with E-state index in [0.29, 0.717) is 17.7 Å². The first-order chi connectivity index (χ1) is 9.97. The topological polar surface area (TPSA) is 83.9 Å². The molecule has 1 aromatic heterocycles. The predicted molar refractivity (Wildman–Crippen MR) is 82.0 cm³/mol. The van der Waals surface area contributed by atoms with Crippen LogP contribution in [-0.2, 0) is 6.54 Å². The zero-order valence-electron chi connectivity index (χ0n) is 13.0. The molecule has 1 atom stereocenters. The minimum atomic E-state index is -0.552. The number of hydrogen-bond acceptors (Lipinski definition) is 3. The van der Waals surface area contributed by atoms with E-state index in [-0.39, 0.29) is 5.76 Å². The maximum absolute atomic E-state index is 11.0. The Labute approximate surface area is 125 Å². The van der Waals surface area contributed by atoms with Crippen LogP contribution >= 0.6 is 0 Å². The second-order valence-electron chi connectivity index (χ2n) is 5.87. The second-order valence-corrected chi connectivity index (χ2v) is 5.87. The summed E-state index contributed by atoms with van der Waals surface area (Å²) in [5.74, 6) is 1.16. The molecule has 1 aromatic rings. The van der Waals surface area contributed by atoms with Crippen molar-refractivity contribution in [2.75, 3.05) is 20.1 Å². The van der Waals surface area contributed by atoms with Crippen LogP contribution in [-0.4, -0.2) is 36.9 Å². The number of nitrogens with one attached hydrogen (secondary N) is 1. The Morgan fingerprint density at radius 3 is 2.86 bits per heavy atom. The fourth-order valence-corrected chi connectivity index (χ4v) is 2.60. The molecule has 0 aliphatic carbocycles. The molecule has 1 amide bonds.